The zero-order valence-electron chi connectivity index (χ0n) is 11.3. The maximum absolute atomic E-state index is 12.0. The van der Waals surface area contributed by atoms with Gasteiger partial charge in [0.1, 0.15) is 0 Å². The molecule has 1 saturated heterocycles. The number of aryl methyl sites for hydroxylation is 1. The van der Waals surface area contributed by atoms with E-state index in [4.69, 9.17) is 11.6 Å². The Labute approximate surface area is 119 Å². The lowest BCUT2D eigenvalue weighted by atomic mass is 9.96. The average molecular weight is 281 g/mol. The molecular formula is C15H21ClN2O. The summed E-state index contributed by atoms with van der Waals surface area (Å²) in [4.78, 5) is 12.0. The number of hydrogen-bond donors (Lipinski definition) is 2. The van der Waals surface area contributed by atoms with Crippen molar-refractivity contribution in [2.75, 3.05) is 19.6 Å². The Morgan fingerprint density at radius 3 is 3.05 bits per heavy atom. The topological polar surface area (TPSA) is 41.1 Å². The van der Waals surface area contributed by atoms with Crippen molar-refractivity contribution < 1.29 is 4.79 Å². The molecule has 1 aromatic carbocycles. The summed E-state index contributed by atoms with van der Waals surface area (Å²) >= 11 is 5.89. The molecule has 1 fully saturated rings. The van der Waals surface area contributed by atoms with Gasteiger partial charge in [0.25, 0.3) is 5.91 Å². The minimum absolute atomic E-state index is 0.00191. The summed E-state index contributed by atoms with van der Waals surface area (Å²) in [5, 5.41) is 7.06. The molecule has 0 spiro atoms. The van der Waals surface area contributed by atoms with Crippen LogP contribution in [0.1, 0.15) is 35.2 Å². The van der Waals surface area contributed by atoms with Gasteiger partial charge in [-0.3, -0.25) is 4.79 Å². The summed E-state index contributed by atoms with van der Waals surface area (Å²) in [6.07, 6.45) is 3.56. The molecule has 0 aliphatic carbocycles. The molecule has 0 bridgehead atoms. The van der Waals surface area contributed by atoms with Crippen LogP contribution in [0.15, 0.2) is 18.2 Å². The first-order valence-corrected chi connectivity index (χ1v) is 7.29. The van der Waals surface area contributed by atoms with Gasteiger partial charge in [0.15, 0.2) is 0 Å². The minimum atomic E-state index is -0.00191. The van der Waals surface area contributed by atoms with Gasteiger partial charge in [-0.05, 0) is 69.0 Å². The van der Waals surface area contributed by atoms with Gasteiger partial charge < -0.3 is 10.6 Å². The van der Waals surface area contributed by atoms with Crippen molar-refractivity contribution in [1.82, 2.24) is 10.6 Å². The first-order chi connectivity index (χ1) is 9.16. The lowest BCUT2D eigenvalue weighted by molar-refractivity contribution is 0.0950. The van der Waals surface area contributed by atoms with Crippen molar-refractivity contribution in [2.24, 2.45) is 5.92 Å². The number of carbonyl (C=O) groups is 1. The first kappa shape index (κ1) is 14.4. The molecule has 1 atom stereocenters. The summed E-state index contributed by atoms with van der Waals surface area (Å²) in [6.45, 7) is 4.86. The van der Waals surface area contributed by atoms with Crippen LogP contribution in [0.4, 0.5) is 0 Å². The van der Waals surface area contributed by atoms with Crippen molar-refractivity contribution in [3.05, 3.63) is 34.3 Å². The van der Waals surface area contributed by atoms with Crippen LogP contribution in [0.3, 0.4) is 0 Å². The summed E-state index contributed by atoms with van der Waals surface area (Å²) in [7, 11) is 0. The summed E-state index contributed by atoms with van der Waals surface area (Å²) in [5.74, 6) is 0.693. The molecule has 1 aliphatic heterocycles. The van der Waals surface area contributed by atoms with Crippen molar-refractivity contribution in [3.8, 4) is 0 Å². The largest absolute Gasteiger partial charge is 0.352 e. The van der Waals surface area contributed by atoms with Crippen molar-refractivity contribution in [3.63, 3.8) is 0 Å². The van der Waals surface area contributed by atoms with Gasteiger partial charge in [-0.25, -0.2) is 0 Å². The number of benzene rings is 1. The molecule has 0 radical (unpaired) electrons. The Kier molecular flexibility index (Phi) is 5.23. The van der Waals surface area contributed by atoms with Crippen molar-refractivity contribution in [1.29, 1.82) is 0 Å². The third-order valence-electron chi connectivity index (χ3n) is 3.67. The van der Waals surface area contributed by atoms with E-state index in [2.05, 4.69) is 10.6 Å². The fourth-order valence-electron chi connectivity index (χ4n) is 2.54. The van der Waals surface area contributed by atoms with E-state index in [1.807, 2.05) is 13.0 Å². The predicted molar refractivity (Wildman–Crippen MR) is 78.7 cm³/mol. The molecule has 2 rings (SSSR count). The molecule has 3 nitrogen and oxygen atoms in total. The van der Waals surface area contributed by atoms with E-state index >= 15 is 0 Å². The molecular weight excluding hydrogens is 260 g/mol. The van der Waals surface area contributed by atoms with E-state index in [9.17, 15) is 4.79 Å². The van der Waals surface area contributed by atoms with E-state index in [-0.39, 0.29) is 5.91 Å². The van der Waals surface area contributed by atoms with Crippen LogP contribution in [0.2, 0.25) is 5.02 Å². The van der Waals surface area contributed by atoms with Crippen LogP contribution >= 0.6 is 11.6 Å². The number of nitrogens with one attached hydrogen (secondary N) is 2. The van der Waals surface area contributed by atoms with Crippen molar-refractivity contribution >= 4 is 17.5 Å². The fraction of sp³-hybridized carbons (Fsp3) is 0.533. The molecule has 1 aromatic rings. The quantitative estimate of drug-likeness (QED) is 0.890. The first-order valence-electron chi connectivity index (χ1n) is 6.92. The highest BCUT2D eigenvalue weighted by molar-refractivity contribution is 6.30. The van der Waals surface area contributed by atoms with Crippen LogP contribution in [0, 0.1) is 12.8 Å². The van der Waals surface area contributed by atoms with Crippen LogP contribution in [-0.2, 0) is 0 Å². The minimum Gasteiger partial charge on any atom is -0.352 e. The predicted octanol–water partition coefficient (Wildman–Crippen LogP) is 2.77. The van der Waals surface area contributed by atoms with E-state index in [0.717, 1.165) is 31.6 Å². The van der Waals surface area contributed by atoms with E-state index in [0.29, 0.717) is 16.5 Å². The average Bonchev–Trinajstić information content (AvgIpc) is 2.39. The molecule has 1 heterocycles. The molecule has 2 N–H and O–H groups in total. The molecule has 1 aliphatic rings. The second kappa shape index (κ2) is 6.92. The molecule has 104 valence electrons. The molecule has 19 heavy (non-hydrogen) atoms. The van der Waals surface area contributed by atoms with Gasteiger partial charge in [-0.1, -0.05) is 11.6 Å². The van der Waals surface area contributed by atoms with E-state index in [1.165, 1.54) is 12.8 Å². The van der Waals surface area contributed by atoms with Crippen LogP contribution in [0.5, 0.6) is 0 Å². The smallest absolute Gasteiger partial charge is 0.251 e. The molecule has 0 saturated carbocycles. The van der Waals surface area contributed by atoms with Crippen LogP contribution < -0.4 is 10.6 Å². The number of piperidine rings is 1. The zero-order chi connectivity index (χ0) is 13.7. The monoisotopic (exact) mass is 280 g/mol. The maximum Gasteiger partial charge on any atom is 0.251 e. The molecule has 4 heteroatoms. The Balaban J connectivity index is 1.80. The summed E-state index contributed by atoms with van der Waals surface area (Å²) in [6, 6.07) is 5.37. The lowest BCUT2D eigenvalue weighted by Gasteiger charge is -2.22. The molecule has 0 aromatic heterocycles. The van der Waals surface area contributed by atoms with E-state index < -0.39 is 0 Å². The zero-order valence-corrected chi connectivity index (χ0v) is 12.1. The highest BCUT2D eigenvalue weighted by Crippen LogP contribution is 2.16. The van der Waals surface area contributed by atoms with Gasteiger partial charge in [0.05, 0.1) is 0 Å². The number of amides is 1. The third kappa shape index (κ3) is 4.22. The summed E-state index contributed by atoms with van der Waals surface area (Å²) < 4.78 is 0. The summed E-state index contributed by atoms with van der Waals surface area (Å²) in [5.41, 5.74) is 1.63. The highest BCUT2D eigenvalue weighted by atomic mass is 35.5. The van der Waals surface area contributed by atoms with Crippen LogP contribution in [-0.4, -0.2) is 25.5 Å². The van der Waals surface area contributed by atoms with Crippen LogP contribution in [0.25, 0.3) is 0 Å². The standard InChI is InChI=1S/C15H21ClN2O/c1-11-9-13(16)4-5-14(11)15(19)18-8-6-12-3-2-7-17-10-12/h4-5,9,12,17H,2-3,6-8,10H2,1H3,(H,18,19). The fourth-order valence-corrected chi connectivity index (χ4v) is 2.76. The van der Waals surface area contributed by atoms with Gasteiger partial charge in [-0.15, -0.1) is 0 Å². The lowest BCUT2D eigenvalue weighted by Crippen LogP contribution is -2.33. The normalized spacial score (nSPS) is 19.2. The molecule has 1 amide bonds. The van der Waals surface area contributed by atoms with Gasteiger partial charge in [0, 0.05) is 17.1 Å². The Bertz CT molecular complexity index is 442. The number of halogens is 1. The van der Waals surface area contributed by atoms with Gasteiger partial charge in [0.2, 0.25) is 0 Å². The second-order valence-corrected chi connectivity index (χ2v) is 5.65. The van der Waals surface area contributed by atoms with Crippen molar-refractivity contribution in [2.45, 2.75) is 26.2 Å². The maximum atomic E-state index is 12.0. The SMILES string of the molecule is Cc1cc(Cl)ccc1C(=O)NCCC1CCCNC1. The number of carbonyl (C=O) groups excluding carboxylic acids is 1. The Hall–Kier alpha value is -1.06. The van der Waals surface area contributed by atoms with Gasteiger partial charge >= 0.3 is 0 Å². The number of rotatable bonds is 4. The highest BCUT2D eigenvalue weighted by Gasteiger charge is 2.14. The second-order valence-electron chi connectivity index (χ2n) is 5.22. The Morgan fingerprint density at radius 2 is 2.37 bits per heavy atom. The third-order valence-corrected chi connectivity index (χ3v) is 3.91. The molecule has 1 unspecified atom stereocenters. The van der Waals surface area contributed by atoms with Gasteiger partial charge in [-0.2, -0.15) is 0 Å². The number of hydrogen-bond acceptors (Lipinski definition) is 2. The Morgan fingerprint density at radius 1 is 1.53 bits per heavy atom. The van der Waals surface area contributed by atoms with E-state index in [1.54, 1.807) is 12.1 Å².